The molecule has 0 aliphatic carbocycles. The second-order valence-electron chi connectivity index (χ2n) is 4.72. The van der Waals surface area contributed by atoms with Gasteiger partial charge in [0.2, 0.25) is 0 Å². The Balaban J connectivity index is 2.69. The lowest BCUT2D eigenvalue weighted by atomic mass is 10.2. The van der Waals surface area contributed by atoms with Gasteiger partial charge in [0.15, 0.2) is 0 Å². The summed E-state index contributed by atoms with van der Waals surface area (Å²) in [5, 5.41) is 0. The Hall–Kier alpha value is -1.13. The normalized spacial score (nSPS) is 11.4. The molecule has 4 nitrogen and oxygen atoms in total. The molecule has 1 aromatic heterocycles. The highest BCUT2D eigenvalue weighted by atomic mass is 16.1. The van der Waals surface area contributed by atoms with E-state index in [1.54, 1.807) is 0 Å². The van der Waals surface area contributed by atoms with E-state index in [1.807, 2.05) is 33.3 Å². The van der Waals surface area contributed by atoms with Gasteiger partial charge in [0.1, 0.15) is 0 Å². The zero-order chi connectivity index (χ0) is 12.8. The van der Waals surface area contributed by atoms with Crippen LogP contribution in [0.1, 0.15) is 18.2 Å². The van der Waals surface area contributed by atoms with Gasteiger partial charge in [-0.3, -0.25) is 4.79 Å². The van der Waals surface area contributed by atoms with E-state index in [9.17, 15) is 4.79 Å². The van der Waals surface area contributed by atoms with Gasteiger partial charge < -0.3 is 14.8 Å². The van der Waals surface area contributed by atoms with Crippen molar-refractivity contribution in [2.45, 2.75) is 19.9 Å². The molecule has 0 aliphatic heterocycles. The van der Waals surface area contributed by atoms with Crippen LogP contribution in [0.3, 0.4) is 0 Å². The van der Waals surface area contributed by atoms with Gasteiger partial charge in [0.05, 0.1) is 0 Å². The van der Waals surface area contributed by atoms with Crippen molar-refractivity contribution in [2.75, 3.05) is 34.2 Å². The monoisotopic (exact) mass is 237 g/mol. The maximum absolute atomic E-state index is 11.8. The molecule has 0 saturated heterocycles. The molecular formula is C13H23N3O. The molecule has 1 rings (SSSR count). The van der Waals surface area contributed by atoms with Crippen molar-refractivity contribution < 1.29 is 0 Å². The Morgan fingerprint density at radius 2 is 1.94 bits per heavy atom. The Kier molecular flexibility index (Phi) is 5.38. The third-order valence-electron chi connectivity index (χ3n) is 2.86. The Bertz CT molecular complexity index is 398. The van der Waals surface area contributed by atoms with Crippen LogP contribution >= 0.6 is 0 Å². The highest BCUT2D eigenvalue weighted by molar-refractivity contribution is 5.14. The molecule has 0 radical (unpaired) electrons. The van der Waals surface area contributed by atoms with Crippen LogP contribution in [0.15, 0.2) is 16.9 Å². The summed E-state index contributed by atoms with van der Waals surface area (Å²) >= 11 is 0. The average molecular weight is 237 g/mol. The molecule has 0 aliphatic rings. The molecule has 96 valence electrons. The number of aromatic amines is 1. The van der Waals surface area contributed by atoms with E-state index in [4.69, 9.17) is 0 Å². The molecular weight excluding hydrogens is 214 g/mol. The van der Waals surface area contributed by atoms with E-state index in [1.165, 1.54) is 0 Å². The lowest BCUT2D eigenvalue weighted by molar-refractivity contribution is 0.341. The number of likely N-dealkylation sites (N-methyl/N-ethyl adjacent to an activating group) is 1. The first-order valence-corrected chi connectivity index (χ1v) is 6.07. The highest BCUT2D eigenvalue weighted by Gasteiger charge is 2.03. The first-order valence-electron chi connectivity index (χ1n) is 6.07. The Labute approximate surface area is 103 Å². The SMILES string of the molecule is CCN(C)Cc1ccc(CCN(C)C)c(=O)[nH]1. The summed E-state index contributed by atoms with van der Waals surface area (Å²) in [6, 6.07) is 3.96. The fourth-order valence-corrected chi connectivity index (χ4v) is 1.58. The number of nitrogens with one attached hydrogen (secondary N) is 1. The Morgan fingerprint density at radius 1 is 1.24 bits per heavy atom. The van der Waals surface area contributed by atoms with Gasteiger partial charge in [-0.05, 0) is 40.2 Å². The van der Waals surface area contributed by atoms with E-state index in [-0.39, 0.29) is 5.56 Å². The van der Waals surface area contributed by atoms with Crippen LogP contribution in [0.5, 0.6) is 0 Å². The van der Waals surface area contributed by atoms with E-state index < -0.39 is 0 Å². The van der Waals surface area contributed by atoms with Crippen LogP contribution in [0.2, 0.25) is 0 Å². The van der Waals surface area contributed by atoms with Crippen molar-refractivity contribution in [3.63, 3.8) is 0 Å². The minimum absolute atomic E-state index is 0.0499. The number of hydrogen-bond donors (Lipinski definition) is 1. The van der Waals surface area contributed by atoms with Crippen LogP contribution in [0, 0.1) is 0 Å². The summed E-state index contributed by atoms with van der Waals surface area (Å²) in [7, 11) is 6.07. The van der Waals surface area contributed by atoms with Gasteiger partial charge in [-0.2, -0.15) is 0 Å². The first-order chi connectivity index (χ1) is 8.02. The van der Waals surface area contributed by atoms with E-state index in [0.717, 1.165) is 37.3 Å². The van der Waals surface area contributed by atoms with Gasteiger partial charge in [0.25, 0.3) is 5.56 Å². The van der Waals surface area contributed by atoms with Crippen molar-refractivity contribution in [1.29, 1.82) is 0 Å². The molecule has 0 atom stereocenters. The van der Waals surface area contributed by atoms with Crippen molar-refractivity contribution in [3.8, 4) is 0 Å². The molecule has 17 heavy (non-hydrogen) atoms. The number of pyridine rings is 1. The molecule has 4 heteroatoms. The van der Waals surface area contributed by atoms with Gasteiger partial charge >= 0.3 is 0 Å². The first kappa shape index (κ1) is 13.9. The lowest BCUT2D eigenvalue weighted by Gasteiger charge is -2.14. The van der Waals surface area contributed by atoms with Crippen molar-refractivity contribution >= 4 is 0 Å². The largest absolute Gasteiger partial charge is 0.325 e. The predicted molar refractivity (Wildman–Crippen MR) is 71.3 cm³/mol. The zero-order valence-corrected chi connectivity index (χ0v) is 11.3. The molecule has 0 amide bonds. The van der Waals surface area contributed by atoms with E-state index in [0.29, 0.717) is 0 Å². The summed E-state index contributed by atoms with van der Waals surface area (Å²) in [6.45, 7) is 4.77. The third kappa shape index (κ3) is 4.71. The second-order valence-corrected chi connectivity index (χ2v) is 4.72. The van der Waals surface area contributed by atoms with Crippen molar-refractivity contribution in [3.05, 3.63) is 33.7 Å². The molecule has 1 aromatic rings. The van der Waals surface area contributed by atoms with Crippen LogP contribution in [0.4, 0.5) is 0 Å². The summed E-state index contributed by atoms with van der Waals surface area (Å²) in [6.07, 6.45) is 0.798. The molecule has 1 N–H and O–H groups in total. The number of H-pyrrole nitrogens is 1. The van der Waals surface area contributed by atoms with Gasteiger partial charge in [-0.1, -0.05) is 13.0 Å². The minimum atomic E-state index is 0.0499. The second kappa shape index (κ2) is 6.57. The highest BCUT2D eigenvalue weighted by Crippen LogP contribution is 2.00. The molecule has 0 bridgehead atoms. The van der Waals surface area contributed by atoms with Crippen LogP contribution in [-0.4, -0.2) is 49.0 Å². The fourth-order valence-electron chi connectivity index (χ4n) is 1.58. The minimum Gasteiger partial charge on any atom is -0.325 e. The smallest absolute Gasteiger partial charge is 0.251 e. The summed E-state index contributed by atoms with van der Waals surface area (Å²) in [4.78, 5) is 19.0. The number of nitrogens with zero attached hydrogens (tertiary/aromatic N) is 2. The van der Waals surface area contributed by atoms with Gasteiger partial charge in [-0.25, -0.2) is 0 Å². The number of rotatable bonds is 6. The standard InChI is InChI=1S/C13H23N3O/c1-5-16(4)10-12-7-6-11(13(17)14-12)8-9-15(2)3/h6-7H,5,8-10H2,1-4H3,(H,14,17). The van der Waals surface area contributed by atoms with Crippen LogP contribution in [-0.2, 0) is 13.0 Å². The maximum atomic E-state index is 11.8. The van der Waals surface area contributed by atoms with E-state index in [2.05, 4.69) is 21.7 Å². The van der Waals surface area contributed by atoms with Gasteiger partial charge in [0, 0.05) is 24.3 Å². The topological polar surface area (TPSA) is 39.3 Å². The molecule has 0 aromatic carbocycles. The lowest BCUT2D eigenvalue weighted by Crippen LogP contribution is -2.23. The van der Waals surface area contributed by atoms with Crippen LogP contribution < -0.4 is 5.56 Å². The van der Waals surface area contributed by atoms with Gasteiger partial charge in [-0.15, -0.1) is 0 Å². The molecule has 0 fully saturated rings. The van der Waals surface area contributed by atoms with E-state index >= 15 is 0 Å². The quantitative estimate of drug-likeness (QED) is 0.800. The molecule has 0 saturated carbocycles. The predicted octanol–water partition coefficient (Wildman–Crippen LogP) is 0.931. The molecule has 0 unspecified atom stereocenters. The van der Waals surface area contributed by atoms with Crippen LogP contribution in [0.25, 0.3) is 0 Å². The average Bonchev–Trinajstić information content (AvgIpc) is 2.27. The summed E-state index contributed by atoms with van der Waals surface area (Å²) < 4.78 is 0. The summed E-state index contributed by atoms with van der Waals surface area (Å²) in [5.41, 5.74) is 1.89. The Morgan fingerprint density at radius 3 is 2.47 bits per heavy atom. The van der Waals surface area contributed by atoms with Crippen molar-refractivity contribution in [1.82, 2.24) is 14.8 Å². The van der Waals surface area contributed by atoms with Crippen molar-refractivity contribution in [2.24, 2.45) is 0 Å². The number of aromatic nitrogens is 1. The molecule has 1 heterocycles. The maximum Gasteiger partial charge on any atom is 0.251 e. The zero-order valence-electron chi connectivity index (χ0n) is 11.3. The summed E-state index contributed by atoms with van der Waals surface area (Å²) in [5.74, 6) is 0. The third-order valence-corrected chi connectivity index (χ3v) is 2.86. The number of hydrogen-bond acceptors (Lipinski definition) is 3. The fraction of sp³-hybridized carbons (Fsp3) is 0.615. The molecule has 0 spiro atoms.